The number of hydrogen-bond donors (Lipinski definition) is 2. The molecule has 0 fully saturated rings. The smallest absolute Gasteiger partial charge is 0.277 e. The summed E-state index contributed by atoms with van der Waals surface area (Å²) in [6.45, 7) is 3.23. The maximum Gasteiger partial charge on any atom is 0.277 e. The van der Waals surface area contributed by atoms with Crippen molar-refractivity contribution in [3.8, 4) is 0 Å². The highest BCUT2D eigenvalue weighted by molar-refractivity contribution is 7.86. The first-order valence-electron chi connectivity index (χ1n) is 3.30. The Morgan fingerprint density at radius 2 is 2.00 bits per heavy atom. The van der Waals surface area contributed by atoms with E-state index >= 15 is 0 Å². The first kappa shape index (κ1) is 10.8. The Balaban J connectivity index is 4.36. The molecule has 0 aliphatic carbocycles. The summed E-state index contributed by atoms with van der Waals surface area (Å²) in [4.78, 5) is 0. The molecule has 0 atom stereocenters. The zero-order valence-electron chi connectivity index (χ0n) is 6.69. The second-order valence-electron chi connectivity index (χ2n) is 2.47. The number of aliphatic hydroxyl groups is 1. The number of nitrogens with zero attached hydrogens (tertiary/aromatic N) is 1. The molecule has 0 saturated carbocycles. The number of rotatable bonds is 4. The molecule has 0 radical (unpaired) electrons. The van der Waals surface area contributed by atoms with Crippen LogP contribution in [0.3, 0.4) is 0 Å². The van der Waals surface area contributed by atoms with E-state index in [0.717, 1.165) is 4.31 Å². The molecule has 68 valence electrons. The van der Waals surface area contributed by atoms with Crippen LogP contribution in [-0.4, -0.2) is 37.0 Å². The third kappa shape index (κ3) is 3.66. The molecule has 0 spiro atoms. The van der Waals surface area contributed by atoms with Gasteiger partial charge >= 0.3 is 0 Å². The van der Waals surface area contributed by atoms with E-state index in [1.807, 2.05) is 0 Å². The maximum absolute atomic E-state index is 10.8. The molecule has 0 aliphatic rings. The van der Waals surface area contributed by atoms with Gasteiger partial charge in [-0.3, -0.25) is 0 Å². The van der Waals surface area contributed by atoms with Crippen LogP contribution in [0.25, 0.3) is 0 Å². The van der Waals surface area contributed by atoms with E-state index < -0.39 is 10.2 Å². The second-order valence-corrected chi connectivity index (χ2v) is 3.97. The Morgan fingerprint density at radius 1 is 1.55 bits per heavy atom. The van der Waals surface area contributed by atoms with Crippen molar-refractivity contribution in [1.29, 1.82) is 0 Å². The third-order valence-electron chi connectivity index (χ3n) is 1.22. The van der Waals surface area contributed by atoms with Crippen molar-refractivity contribution in [2.75, 3.05) is 13.2 Å². The molecule has 3 N–H and O–H groups in total. The van der Waals surface area contributed by atoms with Gasteiger partial charge in [0.1, 0.15) is 0 Å². The van der Waals surface area contributed by atoms with Gasteiger partial charge in [0.2, 0.25) is 0 Å². The van der Waals surface area contributed by atoms with Crippen molar-refractivity contribution in [2.24, 2.45) is 5.14 Å². The van der Waals surface area contributed by atoms with Gasteiger partial charge in [-0.15, -0.1) is 0 Å². The minimum Gasteiger partial charge on any atom is -0.395 e. The largest absolute Gasteiger partial charge is 0.395 e. The monoisotopic (exact) mass is 182 g/mol. The fourth-order valence-corrected chi connectivity index (χ4v) is 1.70. The standard InChI is InChI=1S/C5H14N2O3S/c1-5(2)7(3-4-8)11(6,9)10/h5,8H,3-4H2,1-2H3,(H2,6,9,10). The number of hydrogen-bond acceptors (Lipinski definition) is 3. The van der Waals surface area contributed by atoms with Crippen LogP contribution in [0.2, 0.25) is 0 Å². The van der Waals surface area contributed by atoms with Crippen molar-refractivity contribution >= 4 is 10.2 Å². The Bertz CT molecular complexity index is 200. The second kappa shape index (κ2) is 4.01. The molecular weight excluding hydrogens is 168 g/mol. The predicted molar refractivity (Wildman–Crippen MR) is 42.0 cm³/mol. The van der Waals surface area contributed by atoms with Crippen LogP contribution < -0.4 is 5.14 Å². The predicted octanol–water partition coefficient (Wildman–Crippen LogP) is -1.11. The highest BCUT2D eigenvalue weighted by Crippen LogP contribution is 2.00. The van der Waals surface area contributed by atoms with E-state index in [1.54, 1.807) is 13.8 Å². The van der Waals surface area contributed by atoms with Crippen LogP contribution in [0, 0.1) is 0 Å². The van der Waals surface area contributed by atoms with Gasteiger partial charge in [0.15, 0.2) is 0 Å². The van der Waals surface area contributed by atoms with Crippen molar-refractivity contribution in [2.45, 2.75) is 19.9 Å². The van der Waals surface area contributed by atoms with E-state index in [1.165, 1.54) is 0 Å². The maximum atomic E-state index is 10.8. The molecular formula is C5H14N2O3S. The summed E-state index contributed by atoms with van der Waals surface area (Å²) in [6.07, 6.45) is 0. The summed E-state index contributed by atoms with van der Waals surface area (Å²) in [5.41, 5.74) is 0. The van der Waals surface area contributed by atoms with Crippen molar-refractivity contribution in [3.63, 3.8) is 0 Å². The molecule has 6 heteroatoms. The molecule has 0 bridgehead atoms. The van der Waals surface area contributed by atoms with Gasteiger partial charge in [-0.2, -0.15) is 12.7 Å². The van der Waals surface area contributed by atoms with Gasteiger partial charge in [-0.25, -0.2) is 5.14 Å². The van der Waals surface area contributed by atoms with E-state index in [4.69, 9.17) is 10.2 Å². The first-order valence-corrected chi connectivity index (χ1v) is 4.80. The minimum absolute atomic E-state index is 0.0521. The molecule has 0 aromatic heterocycles. The van der Waals surface area contributed by atoms with E-state index in [-0.39, 0.29) is 19.2 Å². The molecule has 0 amide bonds. The van der Waals surface area contributed by atoms with Crippen LogP contribution in [0.4, 0.5) is 0 Å². The van der Waals surface area contributed by atoms with E-state index in [2.05, 4.69) is 0 Å². The highest BCUT2D eigenvalue weighted by Gasteiger charge is 2.19. The summed E-state index contributed by atoms with van der Waals surface area (Å²) in [5.74, 6) is 0. The zero-order chi connectivity index (χ0) is 9.07. The SMILES string of the molecule is CC(C)N(CCO)S(N)(=O)=O. The van der Waals surface area contributed by atoms with Crippen LogP contribution in [0.1, 0.15) is 13.8 Å². The molecule has 0 aliphatic heterocycles. The van der Waals surface area contributed by atoms with Crippen LogP contribution >= 0.6 is 0 Å². The molecule has 0 aromatic carbocycles. The Labute approximate surface area is 67.0 Å². The molecule has 5 nitrogen and oxygen atoms in total. The van der Waals surface area contributed by atoms with Crippen molar-refractivity contribution in [3.05, 3.63) is 0 Å². The third-order valence-corrected chi connectivity index (χ3v) is 2.48. The Hall–Kier alpha value is -0.170. The molecule has 0 aromatic rings. The van der Waals surface area contributed by atoms with Gasteiger partial charge in [0.05, 0.1) is 6.61 Å². The van der Waals surface area contributed by atoms with E-state index in [9.17, 15) is 8.42 Å². The minimum atomic E-state index is -3.65. The average molecular weight is 182 g/mol. The number of nitrogens with two attached hydrogens (primary N) is 1. The van der Waals surface area contributed by atoms with Gasteiger partial charge in [-0.05, 0) is 13.8 Å². The Kier molecular flexibility index (Phi) is 3.95. The quantitative estimate of drug-likeness (QED) is 0.578. The number of aliphatic hydroxyl groups excluding tert-OH is 1. The van der Waals surface area contributed by atoms with Gasteiger partial charge in [0, 0.05) is 12.6 Å². The van der Waals surface area contributed by atoms with Crippen LogP contribution in [0.5, 0.6) is 0 Å². The fraction of sp³-hybridized carbons (Fsp3) is 1.00. The van der Waals surface area contributed by atoms with Crippen molar-refractivity contribution < 1.29 is 13.5 Å². The van der Waals surface area contributed by atoms with Crippen LogP contribution in [0.15, 0.2) is 0 Å². The lowest BCUT2D eigenvalue weighted by Crippen LogP contribution is -2.42. The molecule has 0 heterocycles. The Morgan fingerprint density at radius 3 is 2.09 bits per heavy atom. The summed E-state index contributed by atoms with van der Waals surface area (Å²) >= 11 is 0. The summed E-state index contributed by atoms with van der Waals surface area (Å²) < 4.78 is 22.5. The lowest BCUT2D eigenvalue weighted by molar-refractivity contribution is 0.236. The fourth-order valence-electron chi connectivity index (χ4n) is 0.778. The summed E-state index contributed by atoms with van der Waals surface area (Å²) in [6, 6.07) is -0.211. The first-order chi connectivity index (χ1) is 4.89. The highest BCUT2D eigenvalue weighted by atomic mass is 32.2. The average Bonchev–Trinajstić information content (AvgIpc) is 1.79. The van der Waals surface area contributed by atoms with Gasteiger partial charge < -0.3 is 5.11 Å². The topological polar surface area (TPSA) is 83.6 Å². The lowest BCUT2D eigenvalue weighted by atomic mass is 10.4. The van der Waals surface area contributed by atoms with Crippen molar-refractivity contribution in [1.82, 2.24) is 4.31 Å². The zero-order valence-corrected chi connectivity index (χ0v) is 7.50. The normalized spacial score (nSPS) is 12.9. The molecule has 11 heavy (non-hydrogen) atoms. The molecule has 0 unspecified atom stereocenters. The van der Waals surface area contributed by atoms with Gasteiger partial charge in [0.25, 0.3) is 10.2 Å². The molecule has 0 rings (SSSR count). The summed E-state index contributed by atoms with van der Waals surface area (Å²) in [7, 11) is -3.65. The lowest BCUT2D eigenvalue weighted by Gasteiger charge is -2.21. The summed E-state index contributed by atoms with van der Waals surface area (Å²) in [5, 5.41) is 13.3. The van der Waals surface area contributed by atoms with Gasteiger partial charge in [-0.1, -0.05) is 0 Å². The molecule has 0 saturated heterocycles. The van der Waals surface area contributed by atoms with Crippen LogP contribution in [-0.2, 0) is 10.2 Å². The van der Waals surface area contributed by atoms with E-state index in [0.29, 0.717) is 0 Å².